The van der Waals surface area contributed by atoms with E-state index in [2.05, 4.69) is 0 Å². The van der Waals surface area contributed by atoms with Gasteiger partial charge in [0.15, 0.2) is 0 Å². The molecule has 1 rings (SSSR count). The Hall–Kier alpha value is -2.30. The van der Waals surface area contributed by atoms with Crippen LogP contribution in [0.3, 0.4) is 0 Å². The van der Waals surface area contributed by atoms with E-state index in [1.54, 1.807) is 20.0 Å². The standard InChI is InChI=1S/C16H21NO4/c1-4-20-14-9-7-6-8-13(14)10-11-15(18)17(3)12-16(19)21-5-2/h6-11H,4-5,12H2,1-3H3. The molecule has 0 bridgehead atoms. The second-order valence-corrected chi connectivity index (χ2v) is 4.30. The molecule has 0 saturated carbocycles. The highest BCUT2D eigenvalue weighted by Gasteiger charge is 2.11. The van der Waals surface area contributed by atoms with E-state index in [9.17, 15) is 9.59 Å². The highest BCUT2D eigenvalue weighted by Crippen LogP contribution is 2.19. The summed E-state index contributed by atoms with van der Waals surface area (Å²) in [5.74, 6) is 0.0305. The molecule has 0 aromatic heterocycles. The lowest BCUT2D eigenvalue weighted by Crippen LogP contribution is -2.31. The molecule has 1 aromatic carbocycles. The highest BCUT2D eigenvalue weighted by molar-refractivity contribution is 5.93. The molecule has 0 fully saturated rings. The fourth-order valence-electron chi connectivity index (χ4n) is 1.67. The molecule has 0 N–H and O–H groups in total. The van der Waals surface area contributed by atoms with Crippen LogP contribution in [-0.4, -0.2) is 43.6 Å². The van der Waals surface area contributed by atoms with Crippen LogP contribution < -0.4 is 4.74 Å². The quantitative estimate of drug-likeness (QED) is 0.570. The van der Waals surface area contributed by atoms with E-state index in [0.29, 0.717) is 13.2 Å². The predicted molar refractivity (Wildman–Crippen MR) is 80.9 cm³/mol. The van der Waals surface area contributed by atoms with Crippen LogP contribution in [0.2, 0.25) is 0 Å². The zero-order valence-corrected chi connectivity index (χ0v) is 12.7. The SMILES string of the molecule is CCOC(=O)CN(C)C(=O)C=Cc1ccccc1OCC. The average Bonchev–Trinajstić information content (AvgIpc) is 2.46. The van der Waals surface area contributed by atoms with Crippen LogP contribution in [0.4, 0.5) is 0 Å². The number of para-hydroxylation sites is 1. The minimum Gasteiger partial charge on any atom is -0.493 e. The molecule has 0 heterocycles. The van der Waals surface area contributed by atoms with E-state index in [4.69, 9.17) is 9.47 Å². The molecule has 21 heavy (non-hydrogen) atoms. The molecule has 5 nitrogen and oxygen atoms in total. The third-order valence-electron chi connectivity index (χ3n) is 2.67. The Morgan fingerprint density at radius 2 is 1.90 bits per heavy atom. The Bertz CT molecular complexity index is 511. The van der Waals surface area contributed by atoms with Gasteiger partial charge < -0.3 is 14.4 Å². The van der Waals surface area contributed by atoms with Crippen molar-refractivity contribution in [3.8, 4) is 5.75 Å². The van der Waals surface area contributed by atoms with Crippen molar-refractivity contribution in [2.75, 3.05) is 26.8 Å². The molecule has 0 unspecified atom stereocenters. The van der Waals surface area contributed by atoms with Crippen molar-refractivity contribution in [1.82, 2.24) is 4.90 Å². The van der Waals surface area contributed by atoms with Gasteiger partial charge in [-0.25, -0.2) is 0 Å². The number of esters is 1. The van der Waals surface area contributed by atoms with Crippen LogP contribution in [0.25, 0.3) is 6.08 Å². The Morgan fingerprint density at radius 3 is 2.57 bits per heavy atom. The first kappa shape index (κ1) is 16.8. The summed E-state index contributed by atoms with van der Waals surface area (Å²) in [6.45, 7) is 4.42. The fraction of sp³-hybridized carbons (Fsp3) is 0.375. The van der Waals surface area contributed by atoms with E-state index in [-0.39, 0.29) is 12.5 Å². The van der Waals surface area contributed by atoms with Gasteiger partial charge in [0.1, 0.15) is 12.3 Å². The summed E-state index contributed by atoms with van der Waals surface area (Å²) in [6, 6.07) is 7.45. The van der Waals surface area contributed by atoms with Gasteiger partial charge in [0, 0.05) is 18.7 Å². The van der Waals surface area contributed by atoms with Crippen molar-refractivity contribution in [2.45, 2.75) is 13.8 Å². The van der Waals surface area contributed by atoms with E-state index in [1.165, 1.54) is 11.0 Å². The normalized spacial score (nSPS) is 10.4. The molecule has 0 aliphatic carbocycles. The Morgan fingerprint density at radius 1 is 1.19 bits per heavy atom. The summed E-state index contributed by atoms with van der Waals surface area (Å²) in [5.41, 5.74) is 0.817. The number of nitrogens with zero attached hydrogens (tertiary/aromatic N) is 1. The molecular weight excluding hydrogens is 270 g/mol. The number of carbonyl (C=O) groups is 2. The monoisotopic (exact) mass is 291 g/mol. The lowest BCUT2D eigenvalue weighted by Gasteiger charge is -2.13. The van der Waals surface area contributed by atoms with Gasteiger partial charge in [-0.05, 0) is 26.0 Å². The van der Waals surface area contributed by atoms with E-state index in [1.807, 2.05) is 31.2 Å². The van der Waals surface area contributed by atoms with Crippen molar-refractivity contribution in [3.05, 3.63) is 35.9 Å². The maximum absolute atomic E-state index is 11.9. The van der Waals surface area contributed by atoms with E-state index < -0.39 is 5.97 Å². The smallest absolute Gasteiger partial charge is 0.325 e. The summed E-state index contributed by atoms with van der Waals surface area (Å²) >= 11 is 0. The molecule has 0 atom stereocenters. The maximum atomic E-state index is 11.9. The second kappa shape index (κ2) is 8.79. The molecule has 5 heteroatoms. The number of hydrogen-bond donors (Lipinski definition) is 0. The molecule has 0 spiro atoms. The summed E-state index contributed by atoms with van der Waals surface area (Å²) in [4.78, 5) is 24.5. The maximum Gasteiger partial charge on any atom is 0.325 e. The molecule has 1 aromatic rings. The first-order chi connectivity index (χ1) is 10.1. The summed E-state index contributed by atoms with van der Waals surface area (Å²) < 4.78 is 10.3. The van der Waals surface area contributed by atoms with E-state index in [0.717, 1.165) is 11.3 Å². The zero-order chi connectivity index (χ0) is 15.7. The number of hydrogen-bond acceptors (Lipinski definition) is 4. The highest BCUT2D eigenvalue weighted by atomic mass is 16.5. The predicted octanol–water partition coefficient (Wildman–Crippen LogP) is 2.12. The van der Waals surface area contributed by atoms with Gasteiger partial charge in [-0.2, -0.15) is 0 Å². The Balaban J connectivity index is 2.67. The van der Waals surface area contributed by atoms with Gasteiger partial charge in [-0.3, -0.25) is 9.59 Å². The van der Waals surface area contributed by atoms with Crippen LogP contribution in [0.15, 0.2) is 30.3 Å². The van der Waals surface area contributed by atoms with Gasteiger partial charge in [-0.15, -0.1) is 0 Å². The second-order valence-electron chi connectivity index (χ2n) is 4.30. The van der Waals surface area contributed by atoms with Crippen molar-refractivity contribution in [1.29, 1.82) is 0 Å². The fourth-order valence-corrected chi connectivity index (χ4v) is 1.67. The molecule has 0 radical (unpaired) electrons. The lowest BCUT2D eigenvalue weighted by molar-refractivity contribution is -0.146. The van der Waals surface area contributed by atoms with Gasteiger partial charge in [0.05, 0.1) is 13.2 Å². The summed E-state index contributed by atoms with van der Waals surface area (Å²) in [6.07, 6.45) is 3.09. The largest absolute Gasteiger partial charge is 0.493 e. The number of amides is 1. The third-order valence-corrected chi connectivity index (χ3v) is 2.67. The minimum absolute atomic E-state index is 0.0654. The first-order valence-corrected chi connectivity index (χ1v) is 6.89. The molecule has 114 valence electrons. The van der Waals surface area contributed by atoms with Crippen molar-refractivity contribution in [2.24, 2.45) is 0 Å². The van der Waals surface area contributed by atoms with Gasteiger partial charge in [0.2, 0.25) is 5.91 Å². The molecular formula is C16H21NO4. The molecule has 0 aliphatic rings. The lowest BCUT2D eigenvalue weighted by atomic mass is 10.2. The number of benzene rings is 1. The van der Waals surface area contributed by atoms with Crippen LogP contribution >= 0.6 is 0 Å². The third kappa shape index (κ3) is 5.69. The summed E-state index contributed by atoms with van der Waals surface area (Å²) in [5, 5.41) is 0. The van der Waals surface area contributed by atoms with Crippen molar-refractivity contribution in [3.63, 3.8) is 0 Å². The van der Waals surface area contributed by atoms with Crippen LogP contribution in [-0.2, 0) is 14.3 Å². The average molecular weight is 291 g/mol. The number of carbonyl (C=O) groups excluding carboxylic acids is 2. The van der Waals surface area contributed by atoms with Crippen molar-refractivity contribution < 1.29 is 19.1 Å². The van der Waals surface area contributed by atoms with Crippen LogP contribution in [0, 0.1) is 0 Å². The topological polar surface area (TPSA) is 55.8 Å². The van der Waals surface area contributed by atoms with E-state index >= 15 is 0 Å². The Kier molecular flexibility index (Phi) is 7.01. The molecule has 1 amide bonds. The minimum atomic E-state index is -0.420. The number of likely N-dealkylation sites (N-methyl/N-ethyl adjacent to an activating group) is 1. The Labute approximate surface area is 125 Å². The van der Waals surface area contributed by atoms with Crippen LogP contribution in [0.5, 0.6) is 5.75 Å². The molecule has 0 saturated heterocycles. The number of ether oxygens (including phenoxy) is 2. The van der Waals surface area contributed by atoms with Gasteiger partial charge in [-0.1, -0.05) is 18.2 Å². The van der Waals surface area contributed by atoms with Crippen molar-refractivity contribution >= 4 is 18.0 Å². The molecule has 0 aliphatic heterocycles. The van der Waals surface area contributed by atoms with Crippen LogP contribution in [0.1, 0.15) is 19.4 Å². The first-order valence-electron chi connectivity index (χ1n) is 6.89. The number of rotatable bonds is 7. The van der Waals surface area contributed by atoms with Gasteiger partial charge in [0.25, 0.3) is 0 Å². The zero-order valence-electron chi connectivity index (χ0n) is 12.7. The summed E-state index contributed by atoms with van der Waals surface area (Å²) in [7, 11) is 1.55. The van der Waals surface area contributed by atoms with Gasteiger partial charge >= 0.3 is 5.97 Å².